The van der Waals surface area contributed by atoms with Crippen LogP contribution in [-0.2, 0) is 5.75 Å². The van der Waals surface area contributed by atoms with Crippen molar-refractivity contribution in [3.63, 3.8) is 0 Å². The second-order valence-corrected chi connectivity index (χ2v) is 6.29. The van der Waals surface area contributed by atoms with E-state index in [0.717, 1.165) is 34.9 Å². The van der Waals surface area contributed by atoms with Crippen LogP contribution in [0, 0.1) is 6.92 Å². The normalized spacial score (nSPS) is 10.5. The lowest BCUT2D eigenvalue weighted by atomic mass is 10.2. The third-order valence-electron chi connectivity index (χ3n) is 3.09. The molecule has 0 aliphatic heterocycles. The molecule has 22 heavy (non-hydrogen) atoms. The van der Waals surface area contributed by atoms with Gasteiger partial charge in [-0.25, -0.2) is 4.79 Å². The van der Waals surface area contributed by atoms with E-state index in [0.29, 0.717) is 11.6 Å². The van der Waals surface area contributed by atoms with Crippen molar-refractivity contribution in [3.05, 3.63) is 52.9 Å². The van der Waals surface area contributed by atoms with Gasteiger partial charge in [-0.05, 0) is 48.9 Å². The van der Waals surface area contributed by atoms with Gasteiger partial charge in [-0.3, -0.25) is 0 Å². The Labute approximate surface area is 139 Å². The minimum Gasteiger partial charge on any atom is -0.468 e. The lowest BCUT2D eigenvalue weighted by molar-refractivity contribution is 0.252. The van der Waals surface area contributed by atoms with Gasteiger partial charge in [0.05, 0.1) is 12.0 Å². The van der Waals surface area contributed by atoms with E-state index in [1.807, 2.05) is 31.2 Å². The van der Waals surface area contributed by atoms with Gasteiger partial charge < -0.3 is 15.1 Å². The van der Waals surface area contributed by atoms with Crippen molar-refractivity contribution in [2.24, 2.45) is 0 Å². The zero-order chi connectivity index (χ0) is 15.8. The molecule has 2 aromatic rings. The van der Waals surface area contributed by atoms with Gasteiger partial charge in [0.25, 0.3) is 0 Å². The van der Waals surface area contributed by atoms with Gasteiger partial charge in [-0.2, -0.15) is 11.8 Å². The van der Waals surface area contributed by atoms with Crippen LogP contribution in [0.1, 0.15) is 17.7 Å². The van der Waals surface area contributed by atoms with E-state index >= 15 is 0 Å². The number of urea groups is 1. The zero-order valence-electron chi connectivity index (χ0n) is 12.4. The first-order chi connectivity index (χ1) is 10.7. The summed E-state index contributed by atoms with van der Waals surface area (Å²) in [6.45, 7) is 2.51. The molecule has 0 saturated carbocycles. The number of rotatable bonds is 7. The minimum atomic E-state index is -0.207. The summed E-state index contributed by atoms with van der Waals surface area (Å²) in [5, 5.41) is 6.30. The summed E-state index contributed by atoms with van der Waals surface area (Å²) >= 11 is 7.81. The largest absolute Gasteiger partial charge is 0.468 e. The van der Waals surface area contributed by atoms with Crippen LogP contribution in [0.3, 0.4) is 0 Å². The highest BCUT2D eigenvalue weighted by Gasteiger charge is 2.05. The average molecular weight is 339 g/mol. The average Bonchev–Trinajstić information content (AvgIpc) is 3.01. The lowest BCUT2D eigenvalue weighted by Crippen LogP contribution is -2.30. The molecule has 2 rings (SSSR count). The quantitative estimate of drug-likeness (QED) is 0.720. The SMILES string of the molecule is Cc1c(Cl)cccc1NC(=O)NCCCSCc1ccco1. The van der Waals surface area contributed by atoms with Gasteiger partial charge in [0.15, 0.2) is 0 Å². The highest BCUT2D eigenvalue weighted by atomic mass is 35.5. The first kappa shape index (κ1) is 16.8. The summed E-state index contributed by atoms with van der Waals surface area (Å²) < 4.78 is 5.25. The highest BCUT2D eigenvalue weighted by Crippen LogP contribution is 2.22. The molecule has 0 saturated heterocycles. The number of carbonyl (C=O) groups excluding carboxylic acids is 1. The molecule has 2 amide bonds. The number of furan rings is 1. The van der Waals surface area contributed by atoms with Crippen LogP contribution in [0.4, 0.5) is 10.5 Å². The van der Waals surface area contributed by atoms with E-state index in [9.17, 15) is 4.79 Å². The number of anilines is 1. The summed E-state index contributed by atoms with van der Waals surface area (Å²) in [4.78, 5) is 11.8. The monoisotopic (exact) mass is 338 g/mol. The van der Waals surface area contributed by atoms with E-state index in [1.54, 1.807) is 24.1 Å². The molecule has 1 aromatic heterocycles. The molecule has 6 heteroatoms. The topological polar surface area (TPSA) is 54.3 Å². The number of benzene rings is 1. The molecule has 0 spiro atoms. The molecule has 0 aliphatic carbocycles. The molecule has 118 valence electrons. The van der Waals surface area contributed by atoms with E-state index in [2.05, 4.69) is 10.6 Å². The van der Waals surface area contributed by atoms with Crippen LogP contribution in [0.2, 0.25) is 5.02 Å². The Morgan fingerprint density at radius 1 is 1.32 bits per heavy atom. The smallest absolute Gasteiger partial charge is 0.319 e. The van der Waals surface area contributed by atoms with E-state index < -0.39 is 0 Å². The number of carbonyl (C=O) groups is 1. The number of hydrogen-bond acceptors (Lipinski definition) is 3. The van der Waals surface area contributed by atoms with Gasteiger partial charge in [0.2, 0.25) is 0 Å². The number of halogens is 1. The van der Waals surface area contributed by atoms with Crippen LogP contribution in [0.25, 0.3) is 0 Å². The van der Waals surface area contributed by atoms with Crippen molar-refractivity contribution >= 4 is 35.1 Å². The van der Waals surface area contributed by atoms with Crippen LogP contribution in [0.5, 0.6) is 0 Å². The number of amides is 2. The lowest BCUT2D eigenvalue weighted by Gasteiger charge is -2.10. The number of hydrogen-bond donors (Lipinski definition) is 2. The molecule has 1 aromatic carbocycles. The maximum atomic E-state index is 11.8. The van der Waals surface area contributed by atoms with Crippen LogP contribution < -0.4 is 10.6 Å². The van der Waals surface area contributed by atoms with Crippen LogP contribution in [0.15, 0.2) is 41.0 Å². The second kappa shape index (κ2) is 8.76. The first-order valence-corrected chi connectivity index (χ1v) is 8.60. The Morgan fingerprint density at radius 2 is 2.18 bits per heavy atom. The molecule has 1 heterocycles. The molecule has 2 N–H and O–H groups in total. The van der Waals surface area contributed by atoms with Crippen molar-refractivity contribution in [3.8, 4) is 0 Å². The summed E-state index contributed by atoms with van der Waals surface area (Å²) in [6, 6.07) is 9.10. The third-order valence-corrected chi connectivity index (χ3v) is 4.57. The molecule has 4 nitrogen and oxygen atoms in total. The van der Waals surface area contributed by atoms with E-state index in [4.69, 9.17) is 16.0 Å². The predicted octanol–water partition coefficient (Wildman–Crippen LogP) is 4.69. The fourth-order valence-electron chi connectivity index (χ4n) is 1.85. The molecule has 0 fully saturated rings. The van der Waals surface area contributed by atoms with Gasteiger partial charge >= 0.3 is 6.03 Å². The molecular formula is C16H19ClN2O2S. The predicted molar refractivity (Wildman–Crippen MR) is 92.7 cm³/mol. The van der Waals surface area contributed by atoms with Crippen molar-refractivity contribution in [1.29, 1.82) is 0 Å². The molecule has 0 bridgehead atoms. The van der Waals surface area contributed by atoms with E-state index in [-0.39, 0.29) is 6.03 Å². The molecule has 0 radical (unpaired) electrons. The zero-order valence-corrected chi connectivity index (χ0v) is 14.0. The van der Waals surface area contributed by atoms with Gasteiger partial charge in [-0.1, -0.05) is 17.7 Å². The third kappa shape index (κ3) is 5.31. The number of nitrogens with one attached hydrogen (secondary N) is 2. The second-order valence-electron chi connectivity index (χ2n) is 4.78. The maximum absolute atomic E-state index is 11.8. The van der Waals surface area contributed by atoms with Crippen molar-refractivity contribution in [2.45, 2.75) is 19.1 Å². The first-order valence-electron chi connectivity index (χ1n) is 7.07. The van der Waals surface area contributed by atoms with Gasteiger partial charge in [0, 0.05) is 17.3 Å². The summed E-state index contributed by atoms with van der Waals surface area (Å²) in [5.41, 5.74) is 1.60. The Kier molecular flexibility index (Phi) is 6.68. The van der Waals surface area contributed by atoms with E-state index in [1.165, 1.54) is 0 Å². The number of thioether (sulfide) groups is 1. The van der Waals surface area contributed by atoms with Crippen LogP contribution in [-0.4, -0.2) is 18.3 Å². The Balaban J connectivity index is 1.60. The minimum absolute atomic E-state index is 0.207. The molecule has 0 unspecified atom stereocenters. The van der Waals surface area contributed by atoms with Crippen LogP contribution >= 0.6 is 23.4 Å². The van der Waals surface area contributed by atoms with Gasteiger partial charge in [-0.15, -0.1) is 0 Å². The van der Waals surface area contributed by atoms with Crippen molar-refractivity contribution in [1.82, 2.24) is 5.32 Å². The summed E-state index contributed by atoms with van der Waals surface area (Å²) in [7, 11) is 0. The Bertz CT molecular complexity index is 602. The molecule has 0 atom stereocenters. The fraction of sp³-hybridized carbons (Fsp3) is 0.312. The standard InChI is InChI=1S/C16H19ClN2O2S/c1-12-14(17)6-2-7-15(12)19-16(20)18-8-4-10-22-11-13-5-3-9-21-13/h2-3,5-7,9H,4,8,10-11H2,1H3,(H2,18,19,20). The summed E-state index contributed by atoms with van der Waals surface area (Å²) in [6.07, 6.45) is 2.59. The fourth-order valence-corrected chi connectivity index (χ4v) is 2.89. The van der Waals surface area contributed by atoms with Gasteiger partial charge in [0.1, 0.15) is 5.76 Å². The highest BCUT2D eigenvalue weighted by molar-refractivity contribution is 7.98. The Hall–Kier alpha value is -1.59. The molecule has 0 aliphatic rings. The Morgan fingerprint density at radius 3 is 2.95 bits per heavy atom. The maximum Gasteiger partial charge on any atom is 0.319 e. The molecular weight excluding hydrogens is 320 g/mol. The van der Waals surface area contributed by atoms with Crippen molar-refractivity contribution < 1.29 is 9.21 Å². The van der Waals surface area contributed by atoms with Crippen molar-refractivity contribution in [2.75, 3.05) is 17.6 Å². The summed E-state index contributed by atoms with van der Waals surface area (Å²) in [5.74, 6) is 2.81.